The van der Waals surface area contributed by atoms with Gasteiger partial charge < -0.3 is 10.0 Å². The van der Waals surface area contributed by atoms with Crippen molar-refractivity contribution in [1.29, 1.82) is 0 Å². The Balaban J connectivity index is 1.51. The maximum absolute atomic E-state index is 10.4. The van der Waals surface area contributed by atoms with Crippen LogP contribution in [0.4, 0.5) is 0 Å². The summed E-state index contributed by atoms with van der Waals surface area (Å²) in [5.74, 6) is -0.111. The third-order valence-electron chi connectivity index (χ3n) is 3.86. The fraction of sp³-hybridized carbons (Fsp3) is 0.917. The first-order valence-corrected chi connectivity index (χ1v) is 6.04. The van der Waals surface area contributed by atoms with Crippen molar-refractivity contribution >= 4 is 5.97 Å². The number of nitrogens with zero attached hydrogens (tertiary/aromatic N) is 1. The molecule has 0 radical (unpaired) electrons. The fourth-order valence-electron chi connectivity index (χ4n) is 2.47. The van der Waals surface area contributed by atoms with E-state index in [4.69, 9.17) is 5.11 Å². The van der Waals surface area contributed by atoms with Crippen LogP contribution in [0.1, 0.15) is 39.0 Å². The molecule has 1 heterocycles. The molecule has 1 aliphatic heterocycles. The van der Waals surface area contributed by atoms with E-state index in [0.717, 1.165) is 18.3 Å². The van der Waals surface area contributed by atoms with Gasteiger partial charge in [0.2, 0.25) is 0 Å². The summed E-state index contributed by atoms with van der Waals surface area (Å²) >= 11 is 0. The van der Waals surface area contributed by atoms with Gasteiger partial charge in [-0.3, -0.25) is 4.79 Å². The van der Waals surface area contributed by atoms with Gasteiger partial charge in [-0.2, -0.15) is 0 Å². The number of likely N-dealkylation sites (tertiary alicyclic amines) is 1. The lowest BCUT2D eigenvalue weighted by molar-refractivity contribution is -0.137. The molecule has 1 saturated carbocycles. The van der Waals surface area contributed by atoms with Crippen molar-refractivity contribution in [2.24, 2.45) is 11.3 Å². The SMILES string of the molecule is CC(CCC(=O)O)CCN1CC2(CC2)C1. The Hall–Kier alpha value is -0.570. The molecule has 2 fully saturated rings. The first-order chi connectivity index (χ1) is 7.10. The van der Waals surface area contributed by atoms with Crippen molar-refractivity contribution in [3.8, 4) is 0 Å². The van der Waals surface area contributed by atoms with Crippen molar-refractivity contribution in [3.05, 3.63) is 0 Å². The summed E-state index contributed by atoms with van der Waals surface area (Å²) in [5, 5.41) is 8.56. The van der Waals surface area contributed by atoms with Crippen LogP contribution in [-0.4, -0.2) is 35.6 Å². The van der Waals surface area contributed by atoms with E-state index in [9.17, 15) is 4.79 Å². The molecule has 1 aliphatic carbocycles. The van der Waals surface area contributed by atoms with E-state index in [0.29, 0.717) is 12.3 Å². The third kappa shape index (κ3) is 2.94. The lowest BCUT2D eigenvalue weighted by atomic mass is 9.94. The maximum Gasteiger partial charge on any atom is 0.303 e. The summed E-state index contributed by atoms with van der Waals surface area (Å²) in [6.07, 6.45) is 5.19. The van der Waals surface area contributed by atoms with Crippen molar-refractivity contribution in [2.75, 3.05) is 19.6 Å². The molecule has 1 N–H and O–H groups in total. The van der Waals surface area contributed by atoms with Crippen LogP contribution in [0, 0.1) is 11.3 Å². The topological polar surface area (TPSA) is 40.5 Å². The smallest absolute Gasteiger partial charge is 0.303 e. The van der Waals surface area contributed by atoms with Crippen LogP contribution < -0.4 is 0 Å². The molecule has 1 atom stereocenters. The van der Waals surface area contributed by atoms with Crippen molar-refractivity contribution in [3.63, 3.8) is 0 Å². The second-order valence-corrected chi connectivity index (χ2v) is 5.54. The van der Waals surface area contributed by atoms with Crippen molar-refractivity contribution in [1.82, 2.24) is 4.90 Å². The van der Waals surface area contributed by atoms with E-state index < -0.39 is 5.97 Å². The van der Waals surface area contributed by atoms with Gasteiger partial charge in [-0.05, 0) is 43.6 Å². The Morgan fingerprint density at radius 2 is 2.07 bits per heavy atom. The molecule has 3 heteroatoms. The number of hydrogen-bond donors (Lipinski definition) is 1. The lowest BCUT2D eigenvalue weighted by Crippen LogP contribution is -2.48. The molecule has 3 nitrogen and oxygen atoms in total. The average molecular weight is 211 g/mol. The Labute approximate surface area is 91.5 Å². The van der Waals surface area contributed by atoms with Crippen LogP contribution in [0.5, 0.6) is 0 Å². The Morgan fingerprint density at radius 3 is 2.60 bits per heavy atom. The zero-order valence-electron chi connectivity index (χ0n) is 9.54. The van der Waals surface area contributed by atoms with E-state index in [-0.39, 0.29) is 0 Å². The minimum Gasteiger partial charge on any atom is -0.481 e. The highest BCUT2D eigenvalue weighted by molar-refractivity contribution is 5.66. The summed E-state index contributed by atoms with van der Waals surface area (Å²) < 4.78 is 0. The van der Waals surface area contributed by atoms with Crippen LogP contribution in [-0.2, 0) is 4.79 Å². The molecule has 2 aliphatic rings. The summed E-state index contributed by atoms with van der Waals surface area (Å²) in [5.41, 5.74) is 0.754. The van der Waals surface area contributed by atoms with Gasteiger partial charge in [-0.1, -0.05) is 6.92 Å². The van der Waals surface area contributed by atoms with Gasteiger partial charge in [0.25, 0.3) is 0 Å². The number of carbonyl (C=O) groups is 1. The lowest BCUT2D eigenvalue weighted by Gasteiger charge is -2.40. The van der Waals surface area contributed by atoms with Gasteiger partial charge in [0, 0.05) is 19.5 Å². The quantitative estimate of drug-likeness (QED) is 0.730. The fourth-order valence-corrected chi connectivity index (χ4v) is 2.47. The van der Waals surface area contributed by atoms with E-state index in [1.807, 2.05) is 0 Å². The number of carboxylic acid groups (broad SMARTS) is 1. The molecule has 0 bridgehead atoms. The number of hydrogen-bond acceptors (Lipinski definition) is 2. The largest absolute Gasteiger partial charge is 0.481 e. The molecule has 2 rings (SSSR count). The molecule has 1 spiro atoms. The van der Waals surface area contributed by atoms with Gasteiger partial charge in [-0.15, -0.1) is 0 Å². The van der Waals surface area contributed by atoms with E-state index in [1.165, 1.54) is 32.5 Å². The van der Waals surface area contributed by atoms with E-state index >= 15 is 0 Å². The van der Waals surface area contributed by atoms with Crippen molar-refractivity contribution in [2.45, 2.75) is 39.0 Å². The van der Waals surface area contributed by atoms with Crippen LogP contribution in [0.25, 0.3) is 0 Å². The average Bonchev–Trinajstić information content (AvgIpc) is 2.89. The molecular formula is C12H21NO2. The standard InChI is InChI=1S/C12H21NO2/c1-10(2-3-11(14)15)4-7-13-8-12(9-13)5-6-12/h10H,2-9H2,1H3,(H,14,15). The molecule has 86 valence electrons. The predicted octanol–water partition coefficient (Wildman–Crippen LogP) is 1.97. The van der Waals surface area contributed by atoms with Gasteiger partial charge in [0.05, 0.1) is 0 Å². The van der Waals surface area contributed by atoms with Gasteiger partial charge >= 0.3 is 5.97 Å². The second kappa shape index (κ2) is 4.12. The summed E-state index contributed by atoms with van der Waals surface area (Å²) in [4.78, 5) is 12.9. The highest BCUT2D eigenvalue weighted by Crippen LogP contribution is 2.52. The van der Waals surface area contributed by atoms with Crippen molar-refractivity contribution < 1.29 is 9.90 Å². The highest BCUT2D eigenvalue weighted by Gasteiger charge is 2.51. The number of aliphatic carboxylic acids is 1. The third-order valence-corrected chi connectivity index (χ3v) is 3.86. The number of carboxylic acids is 1. The molecule has 1 saturated heterocycles. The van der Waals surface area contributed by atoms with Gasteiger partial charge in [-0.25, -0.2) is 0 Å². The molecular weight excluding hydrogens is 190 g/mol. The molecule has 0 aromatic heterocycles. The molecule has 1 unspecified atom stereocenters. The second-order valence-electron chi connectivity index (χ2n) is 5.54. The monoisotopic (exact) mass is 211 g/mol. The molecule has 0 aromatic carbocycles. The van der Waals surface area contributed by atoms with Crippen LogP contribution in [0.15, 0.2) is 0 Å². The van der Waals surface area contributed by atoms with E-state index in [2.05, 4.69) is 11.8 Å². The van der Waals surface area contributed by atoms with Gasteiger partial charge in [0.15, 0.2) is 0 Å². The minimum atomic E-state index is -0.664. The first-order valence-electron chi connectivity index (χ1n) is 6.04. The Bertz CT molecular complexity index is 240. The first kappa shape index (κ1) is 10.9. The highest BCUT2D eigenvalue weighted by atomic mass is 16.4. The Morgan fingerprint density at radius 1 is 1.40 bits per heavy atom. The summed E-state index contributed by atoms with van der Waals surface area (Å²) in [6.45, 7) is 5.94. The zero-order valence-corrected chi connectivity index (χ0v) is 9.54. The van der Waals surface area contributed by atoms with Crippen LogP contribution >= 0.6 is 0 Å². The van der Waals surface area contributed by atoms with Gasteiger partial charge in [0.1, 0.15) is 0 Å². The summed E-state index contributed by atoms with van der Waals surface area (Å²) in [7, 11) is 0. The molecule has 0 amide bonds. The van der Waals surface area contributed by atoms with Crippen LogP contribution in [0.2, 0.25) is 0 Å². The predicted molar refractivity (Wildman–Crippen MR) is 58.8 cm³/mol. The molecule has 0 aromatic rings. The zero-order chi connectivity index (χ0) is 10.9. The Kier molecular flexibility index (Phi) is 3.01. The normalized spacial score (nSPS) is 24.9. The molecule has 15 heavy (non-hydrogen) atoms. The van der Waals surface area contributed by atoms with E-state index in [1.54, 1.807) is 0 Å². The summed E-state index contributed by atoms with van der Waals surface area (Å²) in [6, 6.07) is 0. The minimum absolute atomic E-state index is 0.325. The number of rotatable bonds is 6. The maximum atomic E-state index is 10.4. The van der Waals surface area contributed by atoms with Crippen LogP contribution in [0.3, 0.4) is 0 Å².